The summed E-state index contributed by atoms with van der Waals surface area (Å²) in [5, 5.41) is 19.6. The van der Waals surface area contributed by atoms with E-state index in [0.717, 1.165) is 0 Å². The largest absolute Gasteiger partial charge is 0.507 e. The van der Waals surface area contributed by atoms with Crippen LogP contribution in [0.1, 0.15) is 18.4 Å². The first-order chi connectivity index (χ1) is 10.1. The third-order valence-corrected chi connectivity index (χ3v) is 4.79. The van der Waals surface area contributed by atoms with Crippen LogP contribution < -0.4 is 0 Å². The van der Waals surface area contributed by atoms with Gasteiger partial charge in [0.25, 0.3) is 5.78 Å². The third kappa shape index (κ3) is 3.58. The van der Waals surface area contributed by atoms with E-state index in [1.165, 1.54) is 6.08 Å². The van der Waals surface area contributed by atoms with E-state index in [4.69, 9.17) is 0 Å². The lowest BCUT2D eigenvalue weighted by molar-refractivity contribution is -0.166. The SMILES string of the molecule is O=C(C1=C(O)/C(=C/c2cc(I)c(O)c(I)c2)CC1)C(F)(F)F. The molecule has 118 valence electrons. The van der Waals surface area contributed by atoms with Crippen LogP contribution in [0.2, 0.25) is 0 Å². The maximum atomic E-state index is 12.4. The lowest BCUT2D eigenvalue weighted by Gasteiger charge is -2.06. The van der Waals surface area contributed by atoms with Gasteiger partial charge in [0.2, 0.25) is 0 Å². The molecule has 8 heteroatoms. The highest BCUT2D eigenvalue weighted by Crippen LogP contribution is 2.36. The second-order valence-corrected chi connectivity index (χ2v) is 6.98. The van der Waals surface area contributed by atoms with Crippen molar-refractivity contribution in [3.05, 3.63) is 41.7 Å². The van der Waals surface area contributed by atoms with E-state index in [2.05, 4.69) is 0 Å². The monoisotopic (exact) mass is 536 g/mol. The molecule has 22 heavy (non-hydrogen) atoms. The molecule has 2 N–H and O–H groups in total. The molecule has 1 aliphatic rings. The molecule has 1 aromatic rings. The number of alkyl halides is 3. The van der Waals surface area contributed by atoms with Crippen LogP contribution in [0.5, 0.6) is 5.75 Å². The highest BCUT2D eigenvalue weighted by molar-refractivity contribution is 14.1. The van der Waals surface area contributed by atoms with Crippen LogP contribution in [0.4, 0.5) is 13.2 Å². The summed E-state index contributed by atoms with van der Waals surface area (Å²) in [6.07, 6.45) is -3.43. The number of aliphatic hydroxyl groups excluding tert-OH is 1. The van der Waals surface area contributed by atoms with Crippen LogP contribution in [0, 0.1) is 7.14 Å². The van der Waals surface area contributed by atoms with E-state index < -0.39 is 23.3 Å². The summed E-state index contributed by atoms with van der Waals surface area (Å²) in [6, 6.07) is 3.28. The molecule has 3 nitrogen and oxygen atoms in total. The van der Waals surface area contributed by atoms with Crippen molar-refractivity contribution in [1.82, 2.24) is 0 Å². The Bertz CT molecular complexity index is 683. The van der Waals surface area contributed by atoms with Gasteiger partial charge in [-0.25, -0.2) is 0 Å². The number of rotatable bonds is 2. The second kappa shape index (κ2) is 6.38. The molecule has 0 heterocycles. The molecule has 0 amide bonds. The fraction of sp³-hybridized carbons (Fsp3) is 0.214. The maximum Gasteiger partial charge on any atom is 0.454 e. The smallest absolute Gasteiger partial charge is 0.454 e. The van der Waals surface area contributed by atoms with Crippen molar-refractivity contribution >= 4 is 57.0 Å². The molecule has 0 unspecified atom stereocenters. The molecule has 0 atom stereocenters. The highest BCUT2D eigenvalue weighted by atomic mass is 127. The number of allylic oxidation sites excluding steroid dienone is 2. The second-order valence-electron chi connectivity index (χ2n) is 4.66. The highest BCUT2D eigenvalue weighted by Gasteiger charge is 2.43. The van der Waals surface area contributed by atoms with Gasteiger partial charge in [0.05, 0.1) is 7.14 Å². The first kappa shape index (κ1) is 17.6. The average Bonchev–Trinajstić information content (AvgIpc) is 2.75. The fourth-order valence-corrected chi connectivity index (χ4v) is 3.91. The number of halogens is 5. The quantitative estimate of drug-likeness (QED) is 0.539. The maximum absolute atomic E-state index is 12.4. The number of hydrogen-bond donors (Lipinski definition) is 2. The summed E-state index contributed by atoms with van der Waals surface area (Å²) in [4.78, 5) is 11.2. The van der Waals surface area contributed by atoms with Gasteiger partial charge in [-0.2, -0.15) is 13.2 Å². The number of hydrogen-bond acceptors (Lipinski definition) is 3. The number of phenols is 1. The standard InChI is InChI=1S/C14H9F3I2O3/c15-14(16,17)13(22)8-2-1-7(11(8)20)3-6-4-9(18)12(21)10(19)5-6/h3-5,20-21H,1-2H2/b7-3+. The zero-order chi connectivity index (χ0) is 16.7. The number of aliphatic hydroxyl groups is 1. The van der Waals surface area contributed by atoms with Crippen molar-refractivity contribution in [1.29, 1.82) is 0 Å². The van der Waals surface area contributed by atoms with Crippen LogP contribution in [0.15, 0.2) is 29.0 Å². The van der Waals surface area contributed by atoms with E-state index in [9.17, 15) is 28.2 Å². The first-order valence-electron chi connectivity index (χ1n) is 6.04. The van der Waals surface area contributed by atoms with Crippen molar-refractivity contribution in [2.45, 2.75) is 19.0 Å². The minimum absolute atomic E-state index is 0.127. The van der Waals surface area contributed by atoms with Crippen molar-refractivity contribution in [2.24, 2.45) is 0 Å². The molecule has 0 bridgehead atoms. The van der Waals surface area contributed by atoms with Gasteiger partial charge in [-0.1, -0.05) is 0 Å². The number of ketones is 1. The van der Waals surface area contributed by atoms with E-state index in [-0.39, 0.29) is 24.2 Å². The van der Waals surface area contributed by atoms with E-state index in [1.807, 2.05) is 45.2 Å². The summed E-state index contributed by atoms with van der Waals surface area (Å²) < 4.78 is 38.5. The lowest BCUT2D eigenvalue weighted by atomic mass is 10.1. The first-order valence-corrected chi connectivity index (χ1v) is 8.19. The molecule has 1 aliphatic carbocycles. The summed E-state index contributed by atoms with van der Waals surface area (Å²) >= 11 is 3.86. The van der Waals surface area contributed by atoms with Crippen LogP contribution in [0.25, 0.3) is 6.08 Å². The predicted molar refractivity (Wildman–Crippen MR) is 91.5 cm³/mol. The summed E-state index contributed by atoms with van der Waals surface area (Å²) in [5.74, 6) is -2.47. The minimum atomic E-state index is -4.98. The molecule has 0 fully saturated rings. The molecule has 0 aromatic heterocycles. The molecular weight excluding hydrogens is 527 g/mol. The Balaban J connectivity index is 2.39. The van der Waals surface area contributed by atoms with Gasteiger partial charge in [-0.05, 0) is 87.4 Å². The Labute approximate surface area is 151 Å². The van der Waals surface area contributed by atoms with Gasteiger partial charge in [0.15, 0.2) is 0 Å². The molecular formula is C14H9F3I2O3. The van der Waals surface area contributed by atoms with Gasteiger partial charge in [0, 0.05) is 5.57 Å². The Hall–Kier alpha value is -0.780. The van der Waals surface area contributed by atoms with Crippen LogP contribution in [-0.2, 0) is 4.79 Å². The fourth-order valence-electron chi connectivity index (χ4n) is 2.09. The number of benzene rings is 1. The number of carbonyl (C=O) groups is 1. The predicted octanol–water partition coefficient (Wildman–Crippen LogP) is 4.72. The average molecular weight is 536 g/mol. The Kier molecular flexibility index (Phi) is 5.09. The van der Waals surface area contributed by atoms with Crippen molar-refractivity contribution in [3.63, 3.8) is 0 Å². The summed E-state index contributed by atoms with van der Waals surface area (Å²) in [6.45, 7) is 0. The van der Waals surface area contributed by atoms with Crippen LogP contribution >= 0.6 is 45.2 Å². The third-order valence-electron chi connectivity index (χ3n) is 3.15. The molecule has 2 rings (SSSR count). The van der Waals surface area contributed by atoms with Crippen LogP contribution in [0.3, 0.4) is 0 Å². The molecule has 0 radical (unpaired) electrons. The zero-order valence-corrected chi connectivity index (χ0v) is 15.2. The molecule has 0 saturated carbocycles. The Morgan fingerprint density at radius 1 is 1.14 bits per heavy atom. The van der Waals surface area contributed by atoms with Gasteiger partial charge < -0.3 is 10.2 Å². The van der Waals surface area contributed by atoms with E-state index in [1.54, 1.807) is 12.1 Å². The summed E-state index contributed by atoms with van der Waals surface area (Å²) in [5.41, 5.74) is 0.320. The van der Waals surface area contributed by atoms with Crippen molar-refractivity contribution in [3.8, 4) is 5.75 Å². The number of aromatic hydroxyl groups is 1. The van der Waals surface area contributed by atoms with Gasteiger partial charge in [-0.15, -0.1) is 0 Å². The van der Waals surface area contributed by atoms with Gasteiger partial charge in [-0.3, -0.25) is 4.79 Å². The molecule has 1 aromatic carbocycles. The summed E-state index contributed by atoms with van der Waals surface area (Å²) in [7, 11) is 0. The number of Topliss-reactive ketones (excluding diaryl/α,β-unsaturated/α-hetero) is 1. The van der Waals surface area contributed by atoms with Crippen molar-refractivity contribution in [2.75, 3.05) is 0 Å². The minimum Gasteiger partial charge on any atom is -0.507 e. The number of phenolic OH excluding ortho intramolecular Hbond substituents is 1. The van der Waals surface area contributed by atoms with Gasteiger partial charge >= 0.3 is 6.18 Å². The Morgan fingerprint density at radius 3 is 2.18 bits per heavy atom. The molecule has 0 aliphatic heterocycles. The normalized spacial score (nSPS) is 17.4. The van der Waals surface area contributed by atoms with Crippen molar-refractivity contribution < 1.29 is 28.2 Å². The van der Waals surface area contributed by atoms with Crippen LogP contribution in [-0.4, -0.2) is 22.2 Å². The van der Waals surface area contributed by atoms with E-state index >= 15 is 0 Å². The zero-order valence-electron chi connectivity index (χ0n) is 10.8. The lowest BCUT2D eigenvalue weighted by Crippen LogP contribution is -2.24. The molecule has 0 spiro atoms. The Morgan fingerprint density at radius 2 is 1.68 bits per heavy atom. The van der Waals surface area contributed by atoms with E-state index in [0.29, 0.717) is 12.7 Å². The topological polar surface area (TPSA) is 57.5 Å². The van der Waals surface area contributed by atoms with Gasteiger partial charge in [0.1, 0.15) is 11.5 Å². The number of carbonyl (C=O) groups excluding carboxylic acids is 1. The molecule has 0 saturated heterocycles.